The Morgan fingerprint density at radius 1 is 0.267 bits per heavy atom. The maximum atomic E-state index is 2.47. The van der Waals surface area contributed by atoms with Gasteiger partial charge in [0.05, 0.1) is 0 Å². The van der Waals surface area contributed by atoms with Gasteiger partial charge in [-0.3, -0.25) is 0 Å². The van der Waals surface area contributed by atoms with Gasteiger partial charge >= 0.3 is 0 Å². The molecule has 0 saturated heterocycles. The van der Waals surface area contributed by atoms with E-state index in [4.69, 9.17) is 0 Å². The first-order valence-electron chi connectivity index (χ1n) is 15.9. The average Bonchev–Trinajstić information content (AvgIpc) is 3.08. The van der Waals surface area contributed by atoms with Gasteiger partial charge in [-0.1, -0.05) is 120 Å². The fourth-order valence-corrected chi connectivity index (χ4v) is 7.58. The van der Waals surface area contributed by atoms with Crippen LogP contribution in [0.4, 0.5) is 0 Å². The van der Waals surface area contributed by atoms with Crippen LogP contribution in [-0.4, -0.2) is 39.2 Å². The zero-order valence-electron chi connectivity index (χ0n) is 26.6. The SMILES string of the molecule is Bc1c(B)c(B)c(-c2ccc3c(-c4ccc5ccccc5c4)c4ccccc4c(-c4ccc5ccccc5c4)c3c2)c(B)c1B. The highest BCUT2D eigenvalue weighted by Crippen LogP contribution is 2.45. The zero-order chi connectivity index (χ0) is 30.8. The highest BCUT2D eigenvalue weighted by Gasteiger charge is 2.20. The summed E-state index contributed by atoms with van der Waals surface area (Å²) in [5.41, 5.74) is 14.7. The van der Waals surface area contributed by atoms with E-state index in [1.807, 2.05) is 0 Å². The van der Waals surface area contributed by atoms with Crippen LogP contribution in [0.2, 0.25) is 0 Å². The minimum Gasteiger partial charge on any atom is -0.102 e. The molecular weight excluding hydrogens is 535 g/mol. The van der Waals surface area contributed by atoms with Crippen LogP contribution >= 0.6 is 0 Å². The van der Waals surface area contributed by atoms with E-state index in [0.29, 0.717) is 0 Å². The van der Waals surface area contributed by atoms with Crippen molar-refractivity contribution in [1.82, 2.24) is 0 Å². The normalized spacial score (nSPS) is 11.6. The standard InChI is InChI=1S/C40H31B5/c41-36-35(37(42)39(44)40(45)38(36)43)28-17-18-31-32(21-28)34(27-16-14-23-8-2-4-10-25(23)20-27)30-12-6-5-11-29(30)33(31)26-15-13-22-7-1-3-9-24(22)19-26/h1-21H,41-45H2. The Hall–Kier alpha value is -4.88. The Kier molecular flexibility index (Phi) is 6.54. The molecule has 0 aliphatic rings. The van der Waals surface area contributed by atoms with Crippen LogP contribution in [0.1, 0.15) is 0 Å². The summed E-state index contributed by atoms with van der Waals surface area (Å²) < 4.78 is 0. The van der Waals surface area contributed by atoms with Crippen LogP contribution < -0.4 is 27.3 Å². The monoisotopic (exact) mass is 566 g/mol. The summed E-state index contributed by atoms with van der Waals surface area (Å²) in [6, 6.07) is 47.4. The number of benzene rings is 8. The molecule has 206 valence electrons. The van der Waals surface area contributed by atoms with Gasteiger partial charge in [0.2, 0.25) is 0 Å². The van der Waals surface area contributed by atoms with Crippen molar-refractivity contribution < 1.29 is 0 Å². The molecule has 0 saturated carbocycles. The largest absolute Gasteiger partial charge is 0.139 e. The van der Waals surface area contributed by atoms with Crippen molar-refractivity contribution in [1.29, 1.82) is 0 Å². The molecule has 45 heavy (non-hydrogen) atoms. The van der Waals surface area contributed by atoms with E-state index in [1.165, 1.54) is 104 Å². The molecule has 0 aliphatic carbocycles. The molecule has 5 heteroatoms. The highest BCUT2D eigenvalue weighted by atomic mass is 14.2. The van der Waals surface area contributed by atoms with Gasteiger partial charge in [-0.15, -0.1) is 16.4 Å². The van der Waals surface area contributed by atoms with Crippen LogP contribution in [0.5, 0.6) is 0 Å². The molecule has 0 nitrogen and oxygen atoms in total. The molecule has 0 atom stereocenters. The van der Waals surface area contributed by atoms with E-state index in [0.717, 1.165) is 0 Å². The summed E-state index contributed by atoms with van der Waals surface area (Å²) in [6.45, 7) is 0. The van der Waals surface area contributed by atoms with Gasteiger partial charge in [0.15, 0.2) is 0 Å². The van der Waals surface area contributed by atoms with Crippen LogP contribution in [0.25, 0.3) is 76.5 Å². The lowest BCUT2D eigenvalue weighted by molar-refractivity contribution is 1.67. The second kappa shape index (κ2) is 10.6. The van der Waals surface area contributed by atoms with Gasteiger partial charge in [-0.2, -0.15) is 0 Å². The smallest absolute Gasteiger partial charge is 0.102 e. The number of hydrogen-bond donors (Lipinski definition) is 0. The van der Waals surface area contributed by atoms with Gasteiger partial charge in [0.1, 0.15) is 39.2 Å². The van der Waals surface area contributed by atoms with Crippen molar-refractivity contribution in [3.63, 3.8) is 0 Å². The predicted molar refractivity (Wildman–Crippen MR) is 214 cm³/mol. The van der Waals surface area contributed by atoms with Gasteiger partial charge in [0, 0.05) is 0 Å². The number of hydrogen-bond acceptors (Lipinski definition) is 0. The molecule has 0 heterocycles. The van der Waals surface area contributed by atoms with Crippen LogP contribution in [0.15, 0.2) is 127 Å². The topological polar surface area (TPSA) is 0 Å². The lowest BCUT2D eigenvalue weighted by Crippen LogP contribution is -2.55. The van der Waals surface area contributed by atoms with Crippen LogP contribution in [0.3, 0.4) is 0 Å². The lowest BCUT2D eigenvalue weighted by atomic mass is 9.59. The zero-order valence-corrected chi connectivity index (χ0v) is 26.6. The quantitative estimate of drug-likeness (QED) is 0.228. The number of rotatable bonds is 3. The molecule has 0 bridgehead atoms. The van der Waals surface area contributed by atoms with E-state index >= 15 is 0 Å². The molecule has 0 aromatic heterocycles. The second-order valence-corrected chi connectivity index (χ2v) is 12.7. The summed E-state index contributed by atoms with van der Waals surface area (Å²) >= 11 is 0. The molecule has 0 unspecified atom stereocenters. The van der Waals surface area contributed by atoms with Crippen molar-refractivity contribution in [2.24, 2.45) is 0 Å². The van der Waals surface area contributed by atoms with Crippen molar-refractivity contribution in [3.8, 4) is 33.4 Å². The molecule has 0 N–H and O–H groups in total. The first kappa shape index (κ1) is 27.7. The van der Waals surface area contributed by atoms with Crippen molar-refractivity contribution in [2.75, 3.05) is 0 Å². The van der Waals surface area contributed by atoms with E-state index in [2.05, 4.69) is 167 Å². The Labute approximate surface area is 269 Å². The molecule has 8 rings (SSSR count). The first-order valence-corrected chi connectivity index (χ1v) is 15.9. The van der Waals surface area contributed by atoms with Gasteiger partial charge in [0.25, 0.3) is 0 Å². The molecule has 0 spiro atoms. The first-order chi connectivity index (χ1) is 21.9. The minimum absolute atomic E-state index is 1.25. The maximum absolute atomic E-state index is 2.47. The molecule has 8 aromatic rings. The third-order valence-electron chi connectivity index (χ3n) is 10.4. The molecule has 0 radical (unpaired) electrons. The van der Waals surface area contributed by atoms with Gasteiger partial charge in [-0.05, 0) is 94.7 Å². The molecule has 8 aromatic carbocycles. The molecular formula is C40H31B5. The summed E-state index contributed by atoms with van der Waals surface area (Å²) in [5, 5.41) is 10.2. The molecule has 0 fully saturated rings. The number of fused-ring (bicyclic) bond motifs is 4. The Bertz CT molecular complexity index is 2470. The van der Waals surface area contributed by atoms with Crippen molar-refractivity contribution in [2.45, 2.75) is 0 Å². The Morgan fingerprint density at radius 2 is 0.644 bits per heavy atom. The fourth-order valence-electron chi connectivity index (χ4n) is 7.58. The highest BCUT2D eigenvalue weighted by molar-refractivity contribution is 6.68. The van der Waals surface area contributed by atoms with E-state index in [-0.39, 0.29) is 0 Å². The molecule has 0 amide bonds. The fraction of sp³-hybridized carbons (Fsp3) is 0. The van der Waals surface area contributed by atoms with Crippen molar-refractivity contribution in [3.05, 3.63) is 127 Å². The minimum atomic E-state index is 1.25. The summed E-state index contributed by atoms with van der Waals surface area (Å²) in [4.78, 5) is 0. The maximum Gasteiger partial charge on any atom is 0.139 e. The summed E-state index contributed by atoms with van der Waals surface area (Å²) in [6.07, 6.45) is 0. The summed E-state index contributed by atoms with van der Waals surface area (Å²) in [5.74, 6) is 0. The third kappa shape index (κ3) is 4.37. The van der Waals surface area contributed by atoms with E-state index in [1.54, 1.807) is 0 Å². The lowest BCUT2D eigenvalue weighted by Gasteiger charge is -2.22. The average molecular weight is 566 g/mol. The Balaban J connectivity index is 1.53. The Morgan fingerprint density at radius 3 is 1.18 bits per heavy atom. The molecule has 0 aliphatic heterocycles. The van der Waals surface area contributed by atoms with Crippen molar-refractivity contribution >= 4 is 110 Å². The van der Waals surface area contributed by atoms with E-state index in [9.17, 15) is 0 Å². The van der Waals surface area contributed by atoms with Crippen LogP contribution in [-0.2, 0) is 0 Å². The van der Waals surface area contributed by atoms with Crippen LogP contribution in [0, 0.1) is 0 Å². The second-order valence-electron chi connectivity index (χ2n) is 12.7. The van der Waals surface area contributed by atoms with Gasteiger partial charge in [-0.25, -0.2) is 0 Å². The predicted octanol–water partition coefficient (Wildman–Crippen LogP) is 2.59. The van der Waals surface area contributed by atoms with E-state index < -0.39 is 0 Å². The van der Waals surface area contributed by atoms with Gasteiger partial charge < -0.3 is 0 Å². The summed E-state index contributed by atoms with van der Waals surface area (Å²) in [7, 11) is 11.4. The third-order valence-corrected chi connectivity index (χ3v) is 10.4.